The van der Waals surface area contributed by atoms with Gasteiger partial charge in [-0.1, -0.05) is 12.1 Å². The van der Waals surface area contributed by atoms with Crippen molar-refractivity contribution in [1.29, 1.82) is 0 Å². The van der Waals surface area contributed by atoms with Gasteiger partial charge in [-0.05, 0) is 17.7 Å². The highest BCUT2D eigenvalue weighted by Gasteiger charge is 2.22. The maximum absolute atomic E-state index is 12.6. The van der Waals surface area contributed by atoms with E-state index in [4.69, 9.17) is 0 Å². The zero-order valence-electron chi connectivity index (χ0n) is 6.79. The fourth-order valence-electron chi connectivity index (χ4n) is 1.21. The number of carbonyl (C=O) groups is 1. The first-order chi connectivity index (χ1) is 6.25. The number of thioether (sulfide) groups is 1. The first-order valence-corrected chi connectivity index (χ1v) is 4.97. The molecule has 0 aromatic heterocycles. The Balaban J connectivity index is 2.17. The lowest BCUT2D eigenvalue weighted by Crippen LogP contribution is -2.18. The molecule has 1 aromatic rings. The fourth-order valence-corrected chi connectivity index (χ4v) is 2.17. The van der Waals surface area contributed by atoms with Crippen molar-refractivity contribution in [2.24, 2.45) is 0 Å². The molecule has 0 aliphatic carbocycles. The average Bonchev–Trinajstić information content (AvgIpc) is 2.53. The largest absolute Gasteiger partial charge is 0.339 e. The standard InChI is InChI=1S/C9H8FNOS/c10-7-3-1-6(2-4-7)9-11-8(12)5-13-9/h1-4,9H,5H2,(H,11,12). The van der Waals surface area contributed by atoms with Crippen LogP contribution >= 0.6 is 11.8 Å². The second-order valence-electron chi connectivity index (χ2n) is 2.81. The third kappa shape index (κ3) is 1.83. The third-order valence-electron chi connectivity index (χ3n) is 1.85. The molecule has 1 atom stereocenters. The molecule has 1 unspecified atom stereocenters. The summed E-state index contributed by atoms with van der Waals surface area (Å²) in [6, 6.07) is 6.19. The summed E-state index contributed by atoms with van der Waals surface area (Å²) in [5, 5.41) is 2.78. The van der Waals surface area contributed by atoms with Crippen LogP contribution in [0.2, 0.25) is 0 Å². The van der Waals surface area contributed by atoms with E-state index in [0.29, 0.717) is 5.75 Å². The van der Waals surface area contributed by atoms with Crippen LogP contribution in [0.5, 0.6) is 0 Å². The quantitative estimate of drug-likeness (QED) is 0.742. The summed E-state index contributed by atoms with van der Waals surface area (Å²) < 4.78 is 12.6. The van der Waals surface area contributed by atoms with Crippen molar-refractivity contribution >= 4 is 17.7 Å². The van der Waals surface area contributed by atoms with E-state index in [1.165, 1.54) is 23.9 Å². The van der Waals surface area contributed by atoms with Crippen molar-refractivity contribution in [3.8, 4) is 0 Å². The van der Waals surface area contributed by atoms with E-state index in [9.17, 15) is 9.18 Å². The maximum Gasteiger partial charge on any atom is 0.231 e. The zero-order valence-corrected chi connectivity index (χ0v) is 7.60. The van der Waals surface area contributed by atoms with Gasteiger partial charge in [0.05, 0.1) is 5.75 Å². The molecule has 2 nitrogen and oxygen atoms in total. The predicted octanol–water partition coefficient (Wildman–Crippen LogP) is 1.69. The highest BCUT2D eigenvalue weighted by atomic mass is 32.2. The molecule has 1 aliphatic heterocycles. The SMILES string of the molecule is O=C1CSC(c2ccc(F)cc2)N1. The molecule has 1 aliphatic rings. The molecular weight excluding hydrogens is 189 g/mol. The van der Waals surface area contributed by atoms with Crippen LogP contribution in [0, 0.1) is 5.82 Å². The smallest absolute Gasteiger partial charge is 0.231 e. The Hall–Kier alpha value is -1.03. The van der Waals surface area contributed by atoms with Gasteiger partial charge in [0.15, 0.2) is 0 Å². The summed E-state index contributed by atoms with van der Waals surface area (Å²) in [5.74, 6) is 0.277. The minimum absolute atomic E-state index is 0.00639. The van der Waals surface area contributed by atoms with Gasteiger partial charge in [-0.25, -0.2) is 4.39 Å². The van der Waals surface area contributed by atoms with E-state index in [0.717, 1.165) is 5.56 Å². The van der Waals surface area contributed by atoms with E-state index in [2.05, 4.69) is 5.32 Å². The number of benzene rings is 1. The molecule has 1 fully saturated rings. The van der Waals surface area contributed by atoms with E-state index in [1.54, 1.807) is 12.1 Å². The van der Waals surface area contributed by atoms with E-state index in [1.807, 2.05) is 0 Å². The Kier molecular flexibility index (Phi) is 2.22. The van der Waals surface area contributed by atoms with Crippen LogP contribution in [-0.4, -0.2) is 11.7 Å². The topological polar surface area (TPSA) is 29.1 Å². The average molecular weight is 197 g/mol. The minimum Gasteiger partial charge on any atom is -0.339 e. The van der Waals surface area contributed by atoms with Gasteiger partial charge in [-0.15, -0.1) is 11.8 Å². The lowest BCUT2D eigenvalue weighted by Gasteiger charge is -2.08. The molecular formula is C9H8FNOS. The van der Waals surface area contributed by atoms with Crippen LogP contribution in [0.25, 0.3) is 0 Å². The fraction of sp³-hybridized carbons (Fsp3) is 0.222. The molecule has 1 amide bonds. The Labute approximate surface area is 79.5 Å². The molecule has 1 saturated heterocycles. The molecule has 68 valence electrons. The Morgan fingerprint density at radius 1 is 1.38 bits per heavy atom. The second kappa shape index (κ2) is 3.38. The normalized spacial score (nSPS) is 21.6. The highest BCUT2D eigenvalue weighted by Crippen LogP contribution is 2.30. The van der Waals surface area contributed by atoms with Crippen molar-refractivity contribution in [2.75, 3.05) is 5.75 Å². The van der Waals surface area contributed by atoms with Gasteiger partial charge in [0, 0.05) is 0 Å². The molecule has 0 radical (unpaired) electrons. The molecule has 1 heterocycles. The molecule has 1 aromatic carbocycles. The number of carbonyl (C=O) groups excluding carboxylic acids is 1. The lowest BCUT2D eigenvalue weighted by atomic mass is 10.2. The second-order valence-corrected chi connectivity index (χ2v) is 3.90. The van der Waals surface area contributed by atoms with Crippen molar-refractivity contribution in [3.05, 3.63) is 35.6 Å². The predicted molar refractivity (Wildman–Crippen MR) is 49.7 cm³/mol. The summed E-state index contributed by atoms with van der Waals surface area (Å²) in [4.78, 5) is 10.9. The van der Waals surface area contributed by atoms with Crippen LogP contribution in [0.1, 0.15) is 10.9 Å². The van der Waals surface area contributed by atoms with Crippen LogP contribution in [0.15, 0.2) is 24.3 Å². The molecule has 13 heavy (non-hydrogen) atoms. The number of rotatable bonds is 1. The molecule has 2 rings (SSSR count). The van der Waals surface area contributed by atoms with Crippen LogP contribution in [0.3, 0.4) is 0 Å². The van der Waals surface area contributed by atoms with Crippen LogP contribution in [-0.2, 0) is 4.79 Å². The molecule has 0 bridgehead atoms. The van der Waals surface area contributed by atoms with Gasteiger partial charge >= 0.3 is 0 Å². The van der Waals surface area contributed by atoms with Gasteiger partial charge in [0.25, 0.3) is 0 Å². The summed E-state index contributed by atoms with van der Waals surface area (Å²) in [6.45, 7) is 0. The van der Waals surface area contributed by atoms with Gasteiger partial charge in [-0.3, -0.25) is 4.79 Å². The van der Waals surface area contributed by atoms with Crippen molar-refractivity contribution in [3.63, 3.8) is 0 Å². The summed E-state index contributed by atoms with van der Waals surface area (Å²) in [6.07, 6.45) is 0. The summed E-state index contributed by atoms with van der Waals surface area (Å²) >= 11 is 1.53. The van der Waals surface area contributed by atoms with Gasteiger partial charge in [0.1, 0.15) is 11.2 Å². The molecule has 4 heteroatoms. The third-order valence-corrected chi connectivity index (χ3v) is 3.00. The highest BCUT2D eigenvalue weighted by molar-refractivity contribution is 8.00. The zero-order chi connectivity index (χ0) is 9.26. The van der Waals surface area contributed by atoms with Gasteiger partial charge in [0.2, 0.25) is 5.91 Å². The van der Waals surface area contributed by atoms with Crippen molar-refractivity contribution in [2.45, 2.75) is 5.37 Å². The molecule has 0 saturated carbocycles. The number of nitrogens with one attached hydrogen (secondary N) is 1. The molecule has 1 N–H and O–H groups in total. The maximum atomic E-state index is 12.6. The monoisotopic (exact) mass is 197 g/mol. The number of amides is 1. The molecule has 0 spiro atoms. The van der Waals surface area contributed by atoms with E-state index >= 15 is 0 Å². The van der Waals surface area contributed by atoms with E-state index in [-0.39, 0.29) is 17.1 Å². The number of hydrogen-bond acceptors (Lipinski definition) is 2. The van der Waals surface area contributed by atoms with Crippen LogP contribution in [0.4, 0.5) is 4.39 Å². The summed E-state index contributed by atoms with van der Waals surface area (Å²) in [5.41, 5.74) is 0.942. The van der Waals surface area contributed by atoms with Gasteiger partial charge < -0.3 is 5.32 Å². The number of halogens is 1. The van der Waals surface area contributed by atoms with Gasteiger partial charge in [-0.2, -0.15) is 0 Å². The summed E-state index contributed by atoms with van der Waals surface area (Å²) in [7, 11) is 0. The van der Waals surface area contributed by atoms with Crippen molar-refractivity contribution < 1.29 is 9.18 Å². The lowest BCUT2D eigenvalue weighted by molar-refractivity contribution is -0.118. The van der Waals surface area contributed by atoms with E-state index < -0.39 is 0 Å². The van der Waals surface area contributed by atoms with Crippen LogP contribution < -0.4 is 5.32 Å². The first kappa shape index (κ1) is 8.56. The van der Waals surface area contributed by atoms with Crippen molar-refractivity contribution in [1.82, 2.24) is 5.32 Å². The Morgan fingerprint density at radius 3 is 2.62 bits per heavy atom. The Morgan fingerprint density at radius 2 is 2.08 bits per heavy atom. The Bertz CT molecular complexity index is 325. The minimum atomic E-state index is -0.252. The number of hydrogen-bond donors (Lipinski definition) is 1. The first-order valence-electron chi connectivity index (χ1n) is 3.92.